The number of guanidine groups is 1. The second-order valence-electron chi connectivity index (χ2n) is 9.23. The van der Waals surface area contributed by atoms with Gasteiger partial charge in [0.15, 0.2) is 5.96 Å². The summed E-state index contributed by atoms with van der Waals surface area (Å²) in [7, 11) is 4.24. The number of hydrogen-bond donors (Lipinski definition) is 1. The standard InChI is InChI=1S/C23H39N5S/c1-24-23(28-14-10-19(18-28)17-27-12-4-3-5-13-27)25-16-20-8-6-11-26(2)22(20)21-9-7-15-29-21/h7,9,15,19-20,22H,3-6,8,10-14,16-18H2,1-2H3,(H,24,25). The number of likely N-dealkylation sites (tertiary alicyclic amines) is 3. The Kier molecular flexibility index (Phi) is 7.49. The molecule has 3 atom stereocenters. The van der Waals surface area contributed by atoms with Gasteiger partial charge in [0.2, 0.25) is 0 Å². The minimum absolute atomic E-state index is 0.541. The monoisotopic (exact) mass is 417 g/mol. The van der Waals surface area contributed by atoms with Crippen LogP contribution in [0, 0.1) is 11.8 Å². The maximum Gasteiger partial charge on any atom is 0.193 e. The highest BCUT2D eigenvalue weighted by atomic mass is 32.1. The molecule has 0 aromatic carbocycles. The summed E-state index contributed by atoms with van der Waals surface area (Å²) >= 11 is 1.90. The van der Waals surface area contributed by atoms with E-state index < -0.39 is 0 Å². The average Bonchev–Trinajstić information content (AvgIpc) is 3.42. The number of thiophene rings is 1. The fourth-order valence-electron chi connectivity index (χ4n) is 5.62. The van der Waals surface area contributed by atoms with Gasteiger partial charge in [0.1, 0.15) is 0 Å². The van der Waals surface area contributed by atoms with Crippen molar-refractivity contribution in [1.29, 1.82) is 0 Å². The zero-order valence-electron chi connectivity index (χ0n) is 18.4. The summed E-state index contributed by atoms with van der Waals surface area (Å²) in [4.78, 5) is 13.9. The lowest BCUT2D eigenvalue weighted by molar-refractivity contribution is 0.124. The molecule has 6 heteroatoms. The molecule has 162 valence electrons. The van der Waals surface area contributed by atoms with E-state index in [2.05, 4.69) is 49.6 Å². The van der Waals surface area contributed by atoms with Crippen molar-refractivity contribution in [2.75, 3.05) is 59.9 Å². The van der Waals surface area contributed by atoms with Crippen LogP contribution in [0.4, 0.5) is 0 Å². The van der Waals surface area contributed by atoms with Gasteiger partial charge in [0.05, 0.1) is 0 Å². The third-order valence-corrected chi connectivity index (χ3v) is 8.07. The van der Waals surface area contributed by atoms with Crippen molar-refractivity contribution in [3.05, 3.63) is 22.4 Å². The smallest absolute Gasteiger partial charge is 0.193 e. The molecule has 0 aliphatic carbocycles. The maximum atomic E-state index is 4.65. The first-order chi connectivity index (χ1) is 14.2. The minimum atomic E-state index is 0.541. The molecule has 0 amide bonds. The van der Waals surface area contributed by atoms with Crippen LogP contribution in [0.15, 0.2) is 22.5 Å². The van der Waals surface area contributed by atoms with E-state index in [0.717, 1.165) is 31.5 Å². The van der Waals surface area contributed by atoms with E-state index in [-0.39, 0.29) is 0 Å². The average molecular weight is 418 g/mol. The van der Waals surface area contributed by atoms with Gasteiger partial charge in [0.25, 0.3) is 0 Å². The van der Waals surface area contributed by atoms with Gasteiger partial charge in [-0.05, 0) is 82.1 Å². The molecule has 0 saturated carbocycles. The Morgan fingerprint density at radius 1 is 1.14 bits per heavy atom. The molecule has 1 aromatic rings. The highest BCUT2D eigenvalue weighted by Crippen LogP contribution is 2.36. The summed E-state index contributed by atoms with van der Waals surface area (Å²) in [6.07, 6.45) is 8.11. The van der Waals surface area contributed by atoms with Crippen LogP contribution in [-0.4, -0.2) is 80.6 Å². The van der Waals surface area contributed by atoms with Gasteiger partial charge in [-0.25, -0.2) is 0 Å². The summed E-state index contributed by atoms with van der Waals surface area (Å²) in [6, 6.07) is 5.04. The summed E-state index contributed by atoms with van der Waals surface area (Å²) in [5.41, 5.74) is 0. The molecular weight excluding hydrogens is 378 g/mol. The SMILES string of the molecule is CN=C(NCC1CCCN(C)C1c1cccs1)N1CCC(CN2CCCCC2)C1. The summed E-state index contributed by atoms with van der Waals surface area (Å²) in [5, 5.41) is 5.97. The fraction of sp³-hybridized carbons (Fsp3) is 0.783. The molecule has 3 fully saturated rings. The Labute approximate surface area is 181 Å². The lowest BCUT2D eigenvalue weighted by Crippen LogP contribution is -2.46. The molecule has 4 heterocycles. The van der Waals surface area contributed by atoms with Crippen LogP contribution in [0.3, 0.4) is 0 Å². The molecule has 0 radical (unpaired) electrons. The van der Waals surface area contributed by atoms with Crippen molar-refractivity contribution in [3.8, 4) is 0 Å². The van der Waals surface area contributed by atoms with E-state index in [9.17, 15) is 0 Å². The van der Waals surface area contributed by atoms with Gasteiger partial charge in [-0.3, -0.25) is 9.89 Å². The van der Waals surface area contributed by atoms with Crippen LogP contribution in [0.5, 0.6) is 0 Å². The van der Waals surface area contributed by atoms with Gasteiger partial charge in [-0.15, -0.1) is 11.3 Å². The summed E-state index contributed by atoms with van der Waals surface area (Å²) < 4.78 is 0. The molecule has 0 spiro atoms. The third-order valence-electron chi connectivity index (χ3n) is 7.13. The van der Waals surface area contributed by atoms with Crippen LogP contribution in [-0.2, 0) is 0 Å². The molecule has 3 unspecified atom stereocenters. The number of hydrogen-bond acceptors (Lipinski definition) is 4. The van der Waals surface area contributed by atoms with Crippen molar-refractivity contribution in [2.24, 2.45) is 16.8 Å². The van der Waals surface area contributed by atoms with Gasteiger partial charge >= 0.3 is 0 Å². The Morgan fingerprint density at radius 3 is 2.76 bits per heavy atom. The highest BCUT2D eigenvalue weighted by molar-refractivity contribution is 7.10. The van der Waals surface area contributed by atoms with E-state index in [1.165, 1.54) is 69.6 Å². The molecular formula is C23H39N5S. The first-order valence-electron chi connectivity index (χ1n) is 11.7. The van der Waals surface area contributed by atoms with E-state index in [4.69, 9.17) is 0 Å². The predicted octanol–water partition coefficient (Wildman–Crippen LogP) is 3.51. The summed E-state index contributed by atoms with van der Waals surface area (Å²) in [5.74, 6) is 2.56. The third kappa shape index (κ3) is 5.33. The molecule has 5 nitrogen and oxygen atoms in total. The van der Waals surface area contributed by atoms with Crippen LogP contribution in [0.2, 0.25) is 0 Å². The number of nitrogens with zero attached hydrogens (tertiary/aromatic N) is 4. The van der Waals surface area contributed by atoms with Crippen molar-refractivity contribution in [3.63, 3.8) is 0 Å². The van der Waals surface area contributed by atoms with Gasteiger partial charge < -0.3 is 15.1 Å². The molecule has 3 aliphatic rings. The molecule has 1 aromatic heterocycles. The molecule has 3 saturated heterocycles. The van der Waals surface area contributed by atoms with Crippen LogP contribution >= 0.6 is 11.3 Å². The summed E-state index contributed by atoms with van der Waals surface area (Å²) in [6.45, 7) is 8.43. The quantitative estimate of drug-likeness (QED) is 0.587. The minimum Gasteiger partial charge on any atom is -0.356 e. The predicted molar refractivity (Wildman–Crippen MR) is 124 cm³/mol. The first-order valence-corrected chi connectivity index (χ1v) is 12.5. The number of rotatable bonds is 5. The van der Waals surface area contributed by atoms with Gasteiger partial charge in [-0.1, -0.05) is 12.5 Å². The first kappa shape index (κ1) is 21.1. The Hall–Kier alpha value is -1.11. The second kappa shape index (κ2) is 10.3. The van der Waals surface area contributed by atoms with Crippen LogP contribution < -0.4 is 5.32 Å². The van der Waals surface area contributed by atoms with E-state index >= 15 is 0 Å². The normalized spacial score (nSPS) is 30.1. The largest absolute Gasteiger partial charge is 0.356 e. The lowest BCUT2D eigenvalue weighted by atomic mass is 9.88. The lowest BCUT2D eigenvalue weighted by Gasteiger charge is -2.39. The Balaban J connectivity index is 1.30. The van der Waals surface area contributed by atoms with E-state index in [1.54, 1.807) is 0 Å². The zero-order chi connectivity index (χ0) is 20.1. The van der Waals surface area contributed by atoms with E-state index in [1.807, 2.05) is 18.4 Å². The second-order valence-corrected chi connectivity index (χ2v) is 10.2. The van der Waals surface area contributed by atoms with Gasteiger partial charge in [0, 0.05) is 44.1 Å². The van der Waals surface area contributed by atoms with Crippen molar-refractivity contribution in [2.45, 2.75) is 44.6 Å². The van der Waals surface area contributed by atoms with Gasteiger partial charge in [-0.2, -0.15) is 0 Å². The van der Waals surface area contributed by atoms with Crippen molar-refractivity contribution >= 4 is 17.3 Å². The molecule has 29 heavy (non-hydrogen) atoms. The Bertz CT molecular complexity index is 640. The molecule has 0 bridgehead atoms. The Morgan fingerprint density at radius 2 is 2.00 bits per heavy atom. The molecule has 1 N–H and O–H groups in total. The molecule has 4 rings (SSSR count). The zero-order valence-corrected chi connectivity index (χ0v) is 19.2. The highest BCUT2D eigenvalue weighted by Gasteiger charge is 2.32. The number of aliphatic imine (C=N–C) groups is 1. The van der Waals surface area contributed by atoms with Crippen LogP contribution in [0.25, 0.3) is 0 Å². The molecule has 3 aliphatic heterocycles. The maximum absolute atomic E-state index is 4.65. The number of piperidine rings is 2. The van der Waals surface area contributed by atoms with E-state index in [0.29, 0.717) is 12.0 Å². The topological polar surface area (TPSA) is 34.1 Å². The van der Waals surface area contributed by atoms with Crippen molar-refractivity contribution in [1.82, 2.24) is 20.0 Å². The fourth-order valence-corrected chi connectivity index (χ4v) is 6.60. The number of nitrogens with one attached hydrogen (secondary N) is 1. The van der Waals surface area contributed by atoms with Crippen molar-refractivity contribution < 1.29 is 0 Å². The van der Waals surface area contributed by atoms with Crippen LogP contribution in [0.1, 0.15) is 49.4 Å².